The minimum absolute atomic E-state index is 0.885. The summed E-state index contributed by atoms with van der Waals surface area (Å²) < 4.78 is 11.4. The van der Waals surface area contributed by atoms with Gasteiger partial charge in [0.2, 0.25) is 0 Å². The van der Waals surface area contributed by atoms with Crippen molar-refractivity contribution in [1.29, 1.82) is 0 Å². The van der Waals surface area contributed by atoms with Gasteiger partial charge in [-0.25, -0.2) is 0 Å². The molecule has 2 nitrogen and oxygen atoms in total. The summed E-state index contributed by atoms with van der Waals surface area (Å²) in [6.45, 7) is 7.46. The van der Waals surface area contributed by atoms with Crippen LogP contribution in [0, 0.1) is 0 Å². The highest BCUT2D eigenvalue weighted by Crippen LogP contribution is 2.15. The van der Waals surface area contributed by atoms with Gasteiger partial charge in [-0.05, 0) is 19.0 Å². The molecule has 0 aromatic heterocycles. The lowest BCUT2D eigenvalue weighted by molar-refractivity contribution is 0.199. The van der Waals surface area contributed by atoms with Crippen molar-refractivity contribution in [1.82, 2.24) is 0 Å². The fourth-order valence-electron chi connectivity index (χ4n) is 1.50. The Balaban J connectivity index is 3.51. The first-order valence-corrected chi connectivity index (χ1v) is 8.40. The Morgan fingerprint density at radius 3 is 2.21 bits per heavy atom. The van der Waals surface area contributed by atoms with Crippen LogP contribution in [0.1, 0.15) is 46.0 Å². The van der Waals surface area contributed by atoms with Crippen molar-refractivity contribution in [2.24, 2.45) is 0 Å². The third-order valence-electron chi connectivity index (χ3n) is 2.54. The number of unbranched alkanes of at least 4 members (excludes halogenated alkanes) is 3. The highest BCUT2D eigenvalue weighted by atomic mass is 28.4. The van der Waals surface area contributed by atoms with Crippen molar-refractivity contribution >= 4 is 8.56 Å². The zero-order chi connectivity index (χ0) is 10.9. The summed E-state index contributed by atoms with van der Waals surface area (Å²) in [7, 11) is 0.00207. The highest BCUT2D eigenvalue weighted by molar-refractivity contribution is 6.65. The largest absolute Gasteiger partial charge is 0.398 e. The summed E-state index contributed by atoms with van der Waals surface area (Å²) in [5.41, 5.74) is 0. The van der Waals surface area contributed by atoms with Crippen molar-refractivity contribution in [3.05, 3.63) is 0 Å². The molecule has 1 atom stereocenters. The van der Waals surface area contributed by atoms with E-state index in [1.807, 2.05) is 0 Å². The van der Waals surface area contributed by atoms with Crippen LogP contribution in [0.4, 0.5) is 0 Å². The van der Waals surface area contributed by atoms with Crippen LogP contribution in [0.5, 0.6) is 0 Å². The molecule has 0 aromatic rings. The van der Waals surface area contributed by atoms with E-state index in [1.165, 1.54) is 25.7 Å². The molecule has 0 N–H and O–H groups in total. The number of hydrogen-bond acceptors (Lipinski definition) is 2. The van der Waals surface area contributed by atoms with E-state index in [9.17, 15) is 0 Å². The second-order valence-electron chi connectivity index (χ2n) is 4.00. The topological polar surface area (TPSA) is 18.5 Å². The Hall–Kier alpha value is 0.137. The van der Waals surface area contributed by atoms with Crippen LogP contribution in [0.15, 0.2) is 0 Å². The molecule has 0 rings (SSSR count). The molecule has 0 saturated heterocycles. The predicted molar refractivity (Wildman–Crippen MR) is 63.8 cm³/mol. The van der Waals surface area contributed by atoms with Crippen LogP contribution in [-0.4, -0.2) is 22.3 Å². The summed E-state index contributed by atoms with van der Waals surface area (Å²) in [6, 6.07) is 1.11. The molecule has 0 aliphatic heterocycles. The van der Waals surface area contributed by atoms with Gasteiger partial charge >= 0.3 is 8.56 Å². The average Bonchev–Trinajstić information content (AvgIpc) is 2.18. The zero-order valence-corrected chi connectivity index (χ0v) is 11.3. The third-order valence-corrected chi connectivity index (χ3v) is 5.63. The van der Waals surface area contributed by atoms with E-state index in [0.29, 0.717) is 0 Å². The molecular formula is C11H26O2Si. The summed E-state index contributed by atoms with van der Waals surface area (Å²) in [5, 5.41) is 0. The molecule has 0 radical (unpaired) electrons. The summed E-state index contributed by atoms with van der Waals surface area (Å²) >= 11 is 0. The molecule has 0 aliphatic rings. The second kappa shape index (κ2) is 8.45. The first-order chi connectivity index (χ1) is 6.68. The maximum absolute atomic E-state index is 5.88. The van der Waals surface area contributed by atoms with Gasteiger partial charge in [0.25, 0.3) is 0 Å². The lowest BCUT2D eigenvalue weighted by Gasteiger charge is -2.24. The van der Waals surface area contributed by atoms with Crippen molar-refractivity contribution in [2.45, 2.75) is 58.5 Å². The SMILES string of the molecule is CCCCCCO[Si](C)(CCC)OC. The predicted octanol–water partition coefficient (Wildman–Crippen LogP) is 3.71. The normalized spacial score (nSPS) is 15.4. The number of rotatable bonds is 9. The van der Waals surface area contributed by atoms with Gasteiger partial charge in [0.05, 0.1) is 0 Å². The third kappa shape index (κ3) is 6.57. The standard InChI is InChI=1S/C11H26O2Si/c1-5-7-8-9-10-13-14(4,12-3)11-6-2/h5-11H2,1-4H3. The molecule has 0 heterocycles. The maximum Gasteiger partial charge on any atom is 0.334 e. The first-order valence-electron chi connectivity index (χ1n) is 5.87. The van der Waals surface area contributed by atoms with Gasteiger partial charge in [-0.1, -0.05) is 39.5 Å². The Kier molecular flexibility index (Phi) is 8.53. The summed E-state index contributed by atoms with van der Waals surface area (Å²) in [5.74, 6) is 0. The van der Waals surface area contributed by atoms with Crippen LogP contribution < -0.4 is 0 Å². The molecule has 0 bridgehead atoms. The monoisotopic (exact) mass is 218 g/mol. The molecular weight excluding hydrogens is 192 g/mol. The Morgan fingerprint density at radius 2 is 1.71 bits per heavy atom. The average molecular weight is 218 g/mol. The molecule has 14 heavy (non-hydrogen) atoms. The van der Waals surface area contributed by atoms with Crippen molar-refractivity contribution in [3.63, 3.8) is 0 Å². The minimum atomic E-state index is -1.78. The maximum atomic E-state index is 5.88. The van der Waals surface area contributed by atoms with Crippen LogP contribution in [-0.2, 0) is 8.85 Å². The van der Waals surface area contributed by atoms with Crippen molar-refractivity contribution in [3.8, 4) is 0 Å². The zero-order valence-electron chi connectivity index (χ0n) is 10.3. The molecule has 0 aromatic carbocycles. The van der Waals surface area contributed by atoms with Crippen molar-refractivity contribution in [2.75, 3.05) is 13.7 Å². The van der Waals surface area contributed by atoms with Crippen LogP contribution in [0.2, 0.25) is 12.6 Å². The lowest BCUT2D eigenvalue weighted by atomic mass is 10.2. The van der Waals surface area contributed by atoms with E-state index in [1.54, 1.807) is 7.11 Å². The molecule has 0 fully saturated rings. The summed E-state index contributed by atoms with van der Waals surface area (Å²) in [4.78, 5) is 0. The van der Waals surface area contributed by atoms with Gasteiger partial charge in [0.15, 0.2) is 0 Å². The van der Waals surface area contributed by atoms with E-state index in [2.05, 4.69) is 20.4 Å². The number of hydrogen-bond donors (Lipinski definition) is 0. The Bertz CT molecular complexity index is 130. The van der Waals surface area contributed by atoms with Crippen LogP contribution in [0.3, 0.4) is 0 Å². The fourth-order valence-corrected chi connectivity index (χ4v) is 3.45. The fraction of sp³-hybridized carbons (Fsp3) is 1.00. The van der Waals surface area contributed by atoms with Gasteiger partial charge in [0.1, 0.15) is 0 Å². The summed E-state index contributed by atoms with van der Waals surface area (Å²) in [6.07, 6.45) is 6.24. The molecule has 0 saturated carbocycles. The van der Waals surface area contributed by atoms with E-state index in [4.69, 9.17) is 8.85 Å². The first kappa shape index (κ1) is 14.1. The van der Waals surface area contributed by atoms with Crippen LogP contribution >= 0.6 is 0 Å². The molecule has 0 spiro atoms. The van der Waals surface area contributed by atoms with Crippen molar-refractivity contribution < 1.29 is 8.85 Å². The Morgan fingerprint density at radius 1 is 1.00 bits per heavy atom. The van der Waals surface area contributed by atoms with Gasteiger partial charge in [-0.2, -0.15) is 0 Å². The van der Waals surface area contributed by atoms with Gasteiger partial charge in [0, 0.05) is 13.7 Å². The van der Waals surface area contributed by atoms with E-state index in [-0.39, 0.29) is 0 Å². The van der Waals surface area contributed by atoms with Crippen LogP contribution in [0.25, 0.3) is 0 Å². The molecule has 0 aliphatic carbocycles. The minimum Gasteiger partial charge on any atom is -0.398 e. The molecule has 0 amide bonds. The van der Waals surface area contributed by atoms with E-state index in [0.717, 1.165) is 19.1 Å². The highest BCUT2D eigenvalue weighted by Gasteiger charge is 2.28. The van der Waals surface area contributed by atoms with Gasteiger partial charge in [-0.15, -0.1) is 0 Å². The molecule has 3 heteroatoms. The second-order valence-corrected chi connectivity index (χ2v) is 7.46. The quantitative estimate of drug-likeness (QED) is 0.434. The molecule has 86 valence electrons. The lowest BCUT2D eigenvalue weighted by Crippen LogP contribution is -2.37. The van der Waals surface area contributed by atoms with Gasteiger partial charge in [-0.3, -0.25) is 0 Å². The smallest absolute Gasteiger partial charge is 0.334 e. The Labute approximate surface area is 90.2 Å². The van der Waals surface area contributed by atoms with Gasteiger partial charge < -0.3 is 8.85 Å². The van der Waals surface area contributed by atoms with E-state index >= 15 is 0 Å². The molecule has 1 unspecified atom stereocenters. The van der Waals surface area contributed by atoms with E-state index < -0.39 is 8.56 Å².